The molecule has 0 unspecified atom stereocenters. The lowest BCUT2D eigenvalue weighted by Crippen LogP contribution is -2.24. The fourth-order valence-corrected chi connectivity index (χ4v) is 1.91. The Balaban J connectivity index is 2.01. The van der Waals surface area contributed by atoms with Gasteiger partial charge >= 0.3 is 6.09 Å². The number of anilines is 1. The molecule has 112 valence electrons. The third-order valence-electron chi connectivity index (χ3n) is 3.15. The van der Waals surface area contributed by atoms with Crippen molar-refractivity contribution in [2.24, 2.45) is 0 Å². The van der Waals surface area contributed by atoms with Crippen molar-refractivity contribution >= 4 is 11.8 Å². The largest absolute Gasteiger partial charge is 0.450 e. The topological polar surface area (TPSA) is 64.3 Å². The maximum atomic E-state index is 11.5. The van der Waals surface area contributed by atoms with Crippen molar-refractivity contribution in [2.75, 3.05) is 12.3 Å². The number of hydrogen-bond donors (Lipinski definition) is 2. The molecule has 0 saturated heterocycles. The van der Waals surface area contributed by atoms with Crippen LogP contribution in [0.15, 0.2) is 24.3 Å². The number of nitrogens with two attached hydrogens (primary N) is 1. The molecule has 20 heavy (non-hydrogen) atoms. The molecule has 4 nitrogen and oxygen atoms in total. The van der Waals surface area contributed by atoms with Gasteiger partial charge < -0.3 is 15.8 Å². The maximum Gasteiger partial charge on any atom is 0.407 e. The zero-order valence-electron chi connectivity index (χ0n) is 12.4. The smallest absolute Gasteiger partial charge is 0.407 e. The van der Waals surface area contributed by atoms with E-state index in [1.54, 1.807) is 0 Å². The molecule has 0 aliphatic heterocycles. The van der Waals surface area contributed by atoms with Crippen LogP contribution in [0.5, 0.6) is 0 Å². The third-order valence-corrected chi connectivity index (χ3v) is 3.15. The van der Waals surface area contributed by atoms with Gasteiger partial charge in [0.1, 0.15) is 0 Å². The maximum absolute atomic E-state index is 11.5. The summed E-state index contributed by atoms with van der Waals surface area (Å²) in [5.41, 5.74) is 7.33. The highest BCUT2D eigenvalue weighted by Gasteiger charge is 2.01. The second-order valence-electron chi connectivity index (χ2n) is 5.00. The molecule has 0 aromatic heterocycles. The van der Waals surface area contributed by atoms with Gasteiger partial charge in [-0.15, -0.1) is 0 Å². The zero-order valence-corrected chi connectivity index (χ0v) is 12.4. The highest BCUT2D eigenvalue weighted by atomic mass is 16.5. The van der Waals surface area contributed by atoms with E-state index in [0.717, 1.165) is 24.1 Å². The van der Waals surface area contributed by atoms with Crippen LogP contribution in [0.3, 0.4) is 0 Å². The summed E-state index contributed by atoms with van der Waals surface area (Å²) in [7, 11) is 0. The lowest BCUT2D eigenvalue weighted by Gasteiger charge is -2.07. The minimum atomic E-state index is -0.351. The fourth-order valence-electron chi connectivity index (χ4n) is 1.91. The van der Waals surface area contributed by atoms with E-state index in [-0.39, 0.29) is 6.09 Å². The average molecular weight is 278 g/mol. The number of rotatable bonds is 9. The molecule has 3 N–H and O–H groups in total. The zero-order chi connectivity index (χ0) is 14.6. The van der Waals surface area contributed by atoms with Gasteiger partial charge in [-0.2, -0.15) is 0 Å². The average Bonchev–Trinajstić information content (AvgIpc) is 2.46. The Morgan fingerprint density at radius 1 is 1.10 bits per heavy atom. The van der Waals surface area contributed by atoms with Crippen molar-refractivity contribution in [2.45, 2.75) is 52.0 Å². The molecule has 1 aromatic carbocycles. The van der Waals surface area contributed by atoms with Crippen LogP contribution in [0.2, 0.25) is 0 Å². The minimum Gasteiger partial charge on any atom is -0.450 e. The third kappa shape index (κ3) is 7.67. The highest BCUT2D eigenvalue weighted by Crippen LogP contribution is 2.06. The highest BCUT2D eigenvalue weighted by molar-refractivity contribution is 5.67. The molecule has 0 fully saturated rings. The normalized spacial score (nSPS) is 10.2. The number of carbonyl (C=O) groups is 1. The van der Waals surface area contributed by atoms with Gasteiger partial charge in [-0.3, -0.25) is 0 Å². The van der Waals surface area contributed by atoms with Gasteiger partial charge in [0.15, 0.2) is 0 Å². The molecule has 0 aliphatic rings. The lowest BCUT2D eigenvalue weighted by atomic mass is 10.1. The Labute approximate surface area is 121 Å². The Morgan fingerprint density at radius 3 is 2.45 bits per heavy atom. The predicted molar refractivity (Wildman–Crippen MR) is 82.4 cm³/mol. The summed E-state index contributed by atoms with van der Waals surface area (Å²) in [6, 6.07) is 7.42. The van der Waals surface area contributed by atoms with Crippen molar-refractivity contribution in [1.29, 1.82) is 0 Å². The Morgan fingerprint density at radius 2 is 1.75 bits per heavy atom. The Hall–Kier alpha value is -1.71. The van der Waals surface area contributed by atoms with E-state index in [1.807, 2.05) is 24.3 Å². The molecule has 0 radical (unpaired) electrons. The molecule has 1 rings (SSSR count). The van der Waals surface area contributed by atoms with Crippen molar-refractivity contribution in [1.82, 2.24) is 5.32 Å². The standard InChI is InChI=1S/C16H26N2O2/c1-2-3-4-5-6-7-12-20-16(19)18-13-14-8-10-15(17)11-9-14/h8-11H,2-7,12-13,17H2,1H3,(H,18,19). The Bertz CT molecular complexity index is 377. The summed E-state index contributed by atoms with van der Waals surface area (Å²) in [5, 5.41) is 2.73. The van der Waals surface area contributed by atoms with Crippen LogP contribution >= 0.6 is 0 Å². The Kier molecular flexibility index (Phi) is 8.27. The van der Waals surface area contributed by atoms with Gasteiger partial charge in [-0.25, -0.2) is 4.79 Å². The van der Waals surface area contributed by atoms with E-state index in [2.05, 4.69) is 12.2 Å². The quantitative estimate of drug-likeness (QED) is 0.532. The van der Waals surface area contributed by atoms with Gasteiger partial charge in [-0.1, -0.05) is 51.2 Å². The summed E-state index contributed by atoms with van der Waals surface area (Å²) in [4.78, 5) is 11.5. The van der Waals surface area contributed by atoms with E-state index < -0.39 is 0 Å². The SMILES string of the molecule is CCCCCCCCOC(=O)NCc1ccc(N)cc1. The van der Waals surface area contributed by atoms with Gasteiger partial charge in [0.2, 0.25) is 0 Å². The number of nitrogens with one attached hydrogen (secondary N) is 1. The van der Waals surface area contributed by atoms with E-state index >= 15 is 0 Å². The van der Waals surface area contributed by atoms with E-state index in [0.29, 0.717) is 13.2 Å². The number of carbonyl (C=O) groups excluding carboxylic acids is 1. The van der Waals surface area contributed by atoms with Gasteiger partial charge in [0.25, 0.3) is 0 Å². The van der Waals surface area contributed by atoms with Crippen molar-refractivity contribution in [3.05, 3.63) is 29.8 Å². The second-order valence-corrected chi connectivity index (χ2v) is 5.00. The van der Waals surface area contributed by atoms with E-state index in [1.165, 1.54) is 25.7 Å². The molecule has 0 spiro atoms. The number of unbranched alkanes of at least 4 members (excludes halogenated alkanes) is 5. The molecule has 1 amide bonds. The summed E-state index contributed by atoms with van der Waals surface area (Å²) in [5.74, 6) is 0. The van der Waals surface area contributed by atoms with Crippen molar-refractivity contribution in [3.8, 4) is 0 Å². The minimum absolute atomic E-state index is 0.351. The fraction of sp³-hybridized carbons (Fsp3) is 0.562. The molecule has 0 aliphatic carbocycles. The van der Waals surface area contributed by atoms with Crippen LogP contribution in [-0.2, 0) is 11.3 Å². The summed E-state index contributed by atoms with van der Waals surface area (Å²) in [6.45, 7) is 3.17. The molecular weight excluding hydrogens is 252 g/mol. The van der Waals surface area contributed by atoms with E-state index in [4.69, 9.17) is 10.5 Å². The van der Waals surface area contributed by atoms with Crippen LogP contribution in [0.25, 0.3) is 0 Å². The molecule has 4 heteroatoms. The van der Waals surface area contributed by atoms with Crippen LogP contribution < -0.4 is 11.1 Å². The van der Waals surface area contributed by atoms with Crippen LogP contribution in [-0.4, -0.2) is 12.7 Å². The molecule has 0 heterocycles. The molecular formula is C16H26N2O2. The number of ether oxygens (including phenoxy) is 1. The van der Waals surface area contributed by atoms with Gasteiger partial charge in [0, 0.05) is 12.2 Å². The van der Waals surface area contributed by atoms with Crippen LogP contribution in [0.1, 0.15) is 51.0 Å². The number of benzene rings is 1. The number of amides is 1. The molecule has 0 atom stereocenters. The molecule has 0 saturated carbocycles. The van der Waals surface area contributed by atoms with Crippen LogP contribution in [0.4, 0.5) is 10.5 Å². The van der Waals surface area contributed by atoms with Crippen LogP contribution in [0, 0.1) is 0 Å². The lowest BCUT2D eigenvalue weighted by molar-refractivity contribution is 0.143. The molecule has 0 bridgehead atoms. The number of alkyl carbamates (subject to hydrolysis) is 1. The van der Waals surface area contributed by atoms with E-state index in [9.17, 15) is 4.79 Å². The first-order chi connectivity index (χ1) is 9.72. The first-order valence-corrected chi connectivity index (χ1v) is 7.47. The van der Waals surface area contributed by atoms with Crippen molar-refractivity contribution < 1.29 is 9.53 Å². The monoisotopic (exact) mass is 278 g/mol. The molecule has 1 aromatic rings. The summed E-state index contributed by atoms with van der Waals surface area (Å²) >= 11 is 0. The summed E-state index contributed by atoms with van der Waals surface area (Å²) in [6.07, 6.45) is 6.77. The number of nitrogen functional groups attached to an aromatic ring is 1. The number of hydrogen-bond acceptors (Lipinski definition) is 3. The first kappa shape index (κ1) is 16.3. The summed E-state index contributed by atoms with van der Waals surface area (Å²) < 4.78 is 5.12. The van der Waals surface area contributed by atoms with Crippen molar-refractivity contribution in [3.63, 3.8) is 0 Å². The second kappa shape index (κ2) is 10.1. The predicted octanol–water partition coefficient (Wildman–Crippen LogP) is 3.86. The first-order valence-electron chi connectivity index (χ1n) is 7.47. The van der Waals surface area contributed by atoms with Gasteiger partial charge in [0.05, 0.1) is 6.61 Å². The van der Waals surface area contributed by atoms with Gasteiger partial charge in [-0.05, 0) is 24.1 Å².